The number of hydrogen-bond donors (Lipinski definition) is 0. The Morgan fingerprint density at radius 1 is 1.32 bits per heavy atom. The van der Waals surface area contributed by atoms with Crippen LogP contribution in [0.15, 0.2) is 38.9 Å². The van der Waals surface area contributed by atoms with E-state index in [2.05, 4.69) is 76.7 Å². The number of hydrogen-bond acceptors (Lipinski definition) is 1. The molecule has 0 heterocycles. The van der Waals surface area contributed by atoms with Crippen molar-refractivity contribution in [1.82, 2.24) is 0 Å². The Kier molecular flexibility index (Phi) is 10.2. The van der Waals surface area contributed by atoms with E-state index in [1.165, 1.54) is 20.9 Å². The zero-order valence-electron chi connectivity index (χ0n) is 11.2. The van der Waals surface area contributed by atoms with Gasteiger partial charge >= 0.3 is 137 Å². The van der Waals surface area contributed by atoms with Crippen LogP contribution in [0.2, 0.25) is 0 Å². The van der Waals surface area contributed by atoms with Crippen LogP contribution in [-0.2, 0) is 4.74 Å². The molecule has 0 saturated carbocycles. The Bertz CT molecular complexity index is 431. The molecule has 3 heteroatoms. The molecular formula is C16H19IOSe. The van der Waals surface area contributed by atoms with E-state index < -0.39 is 0 Å². The van der Waals surface area contributed by atoms with Crippen molar-refractivity contribution < 1.29 is 4.74 Å². The summed E-state index contributed by atoms with van der Waals surface area (Å²) in [6, 6.07) is 10.6. The fourth-order valence-electron chi connectivity index (χ4n) is 1.27. The van der Waals surface area contributed by atoms with Crippen molar-refractivity contribution in [2.45, 2.75) is 26.2 Å². The van der Waals surface area contributed by atoms with Gasteiger partial charge in [0.05, 0.1) is 0 Å². The minimum atomic E-state index is 0.397. The van der Waals surface area contributed by atoms with Gasteiger partial charge in [0.1, 0.15) is 0 Å². The van der Waals surface area contributed by atoms with Crippen LogP contribution in [0, 0.1) is 11.8 Å². The van der Waals surface area contributed by atoms with Gasteiger partial charge in [-0.05, 0) is 0 Å². The van der Waals surface area contributed by atoms with Crippen molar-refractivity contribution in [3.8, 4) is 11.8 Å². The molecule has 0 aliphatic carbocycles. The van der Waals surface area contributed by atoms with Crippen LogP contribution in [0.1, 0.15) is 26.2 Å². The summed E-state index contributed by atoms with van der Waals surface area (Å²) in [5.41, 5.74) is 0. The molecule has 0 aromatic heterocycles. The van der Waals surface area contributed by atoms with Gasteiger partial charge in [-0.1, -0.05) is 0 Å². The predicted octanol–water partition coefficient (Wildman–Crippen LogP) is 3.50. The van der Waals surface area contributed by atoms with E-state index in [0.717, 1.165) is 6.42 Å². The second-order valence-electron chi connectivity index (χ2n) is 3.95. The molecule has 1 nitrogen and oxygen atoms in total. The van der Waals surface area contributed by atoms with Crippen LogP contribution in [0.3, 0.4) is 0 Å². The summed E-state index contributed by atoms with van der Waals surface area (Å²) in [7, 11) is 0. The third-order valence-electron chi connectivity index (χ3n) is 2.26. The summed E-state index contributed by atoms with van der Waals surface area (Å²) in [4.78, 5) is 2.27. The van der Waals surface area contributed by atoms with Crippen molar-refractivity contribution >= 4 is 42.0 Å². The average molecular weight is 433 g/mol. The maximum absolute atomic E-state index is 5.52. The second-order valence-corrected chi connectivity index (χ2v) is 7.31. The summed E-state index contributed by atoms with van der Waals surface area (Å²) < 4.78 is 8.18. The Hall–Kier alpha value is -0.271. The Balaban J connectivity index is 2.16. The zero-order chi connectivity index (χ0) is 13.8. The topological polar surface area (TPSA) is 9.23 Å². The van der Waals surface area contributed by atoms with Gasteiger partial charge in [-0.15, -0.1) is 0 Å². The molecule has 102 valence electrons. The van der Waals surface area contributed by atoms with Crippen LogP contribution in [-0.4, -0.2) is 28.2 Å². The van der Waals surface area contributed by atoms with E-state index in [9.17, 15) is 0 Å². The summed E-state index contributed by atoms with van der Waals surface area (Å²) in [5.74, 6) is 6.18. The molecule has 0 aliphatic heterocycles. The van der Waals surface area contributed by atoms with Gasteiger partial charge in [0.2, 0.25) is 0 Å². The molecule has 1 rings (SSSR count). The summed E-state index contributed by atoms with van der Waals surface area (Å²) in [6.07, 6.45) is 3.38. The van der Waals surface area contributed by atoms with Crippen LogP contribution in [0.5, 0.6) is 0 Å². The molecule has 0 spiro atoms. The fourth-order valence-corrected chi connectivity index (χ4v) is 3.51. The average Bonchev–Trinajstić information content (AvgIpc) is 2.45. The second kappa shape index (κ2) is 11.5. The molecule has 0 amide bonds. The van der Waals surface area contributed by atoms with Gasteiger partial charge in [0, 0.05) is 0 Å². The zero-order valence-corrected chi connectivity index (χ0v) is 15.1. The number of ether oxygens (including phenoxy) is 1. The first-order valence-corrected chi connectivity index (χ1v) is 9.35. The summed E-state index contributed by atoms with van der Waals surface area (Å²) in [6.45, 7) is 3.40. The van der Waals surface area contributed by atoms with Crippen molar-refractivity contribution in [1.29, 1.82) is 0 Å². The van der Waals surface area contributed by atoms with Crippen LogP contribution < -0.4 is 4.46 Å². The number of benzene rings is 1. The third kappa shape index (κ3) is 9.29. The monoisotopic (exact) mass is 434 g/mol. The van der Waals surface area contributed by atoms with E-state index in [0.29, 0.717) is 28.2 Å². The van der Waals surface area contributed by atoms with Gasteiger partial charge in [0.25, 0.3) is 0 Å². The maximum atomic E-state index is 5.52. The van der Waals surface area contributed by atoms with Gasteiger partial charge in [0.15, 0.2) is 0 Å². The molecule has 0 N–H and O–H groups in total. The summed E-state index contributed by atoms with van der Waals surface area (Å²) >= 11 is 2.74. The Morgan fingerprint density at radius 2 is 2.11 bits per heavy atom. The van der Waals surface area contributed by atoms with E-state index in [-0.39, 0.29) is 0 Å². The van der Waals surface area contributed by atoms with Gasteiger partial charge in [-0.3, -0.25) is 0 Å². The third-order valence-corrected chi connectivity index (χ3v) is 5.82. The Labute approximate surface area is 136 Å². The molecular weight excluding hydrogens is 414 g/mol. The van der Waals surface area contributed by atoms with Crippen LogP contribution in [0.25, 0.3) is 0 Å². The quantitative estimate of drug-likeness (QED) is 0.277. The minimum absolute atomic E-state index is 0.397. The van der Waals surface area contributed by atoms with Crippen molar-refractivity contribution in [2.75, 3.05) is 13.2 Å². The normalized spacial score (nSPS) is 10.9. The SMILES string of the molecule is CCCCC#CCOC/C(I)=C/[Se]c1ccccc1. The van der Waals surface area contributed by atoms with E-state index >= 15 is 0 Å². The van der Waals surface area contributed by atoms with Gasteiger partial charge < -0.3 is 0 Å². The molecule has 1 aromatic rings. The fraction of sp³-hybridized carbons (Fsp3) is 0.375. The van der Waals surface area contributed by atoms with Gasteiger partial charge in [-0.25, -0.2) is 0 Å². The first kappa shape index (κ1) is 16.8. The molecule has 0 saturated heterocycles. The molecule has 0 atom stereocenters. The van der Waals surface area contributed by atoms with E-state index in [1.54, 1.807) is 0 Å². The van der Waals surface area contributed by atoms with Crippen molar-refractivity contribution in [2.24, 2.45) is 0 Å². The number of halogens is 1. The first-order valence-electron chi connectivity index (χ1n) is 6.42. The van der Waals surface area contributed by atoms with Crippen LogP contribution in [0.4, 0.5) is 0 Å². The molecule has 0 aliphatic rings. The standard InChI is InChI=1S/C16H19IOSe/c1-2-3-4-5-9-12-18-13-15(17)14-19-16-10-7-6-8-11-16/h6-8,10-11,14H,2-4,12-13H2,1H3/b15-14-. The van der Waals surface area contributed by atoms with Crippen LogP contribution >= 0.6 is 22.6 Å². The van der Waals surface area contributed by atoms with E-state index in [4.69, 9.17) is 4.74 Å². The number of rotatable bonds is 7. The number of unbranched alkanes of at least 4 members (excludes halogenated alkanes) is 2. The Morgan fingerprint density at radius 3 is 2.84 bits per heavy atom. The molecule has 0 unspecified atom stereocenters. The summed E-state index contributed by atoms with van der Waals surface area (Å²) in [5, 5.41) is 0. The van der Waals surface area contributed by atoms with Crippen molar-refractivity contribution in [3.05, 3.63) is 38.9 Å². The van der Waals surface area contributed by atoms with E-state index in [1.807, 2.05) is 0 Å². The molecule has 0 radical (unpaired) electrons. The first-order chi connectivity index (χ1) is 9.33. The molecule has 1 aromatic carbocycles. The molecule has 19 heavy (non-hydrogen) atoms. The molecule has 0 bridgehead atoms. The predicted molar refractivity (Wildman–Crippen MR) is 92.1 cm³/mol. The molecule has 0 fully saturated rings. The van der Waals surface area contributed by atoms with Gasteiger partial charge in [-0.2, -0.15) is 0 Å². The van der Waals surface area contributed by atoms with Crippen molar-refractivity contribution in [3.63, 3.8) is 0 Å².